The van der Waals surface area contributed by atoms with Gasteiger partial charge in [0, 0.05) is 13.0 Å². The number of carbonyl (C=O) groups is 1. The van der Waals surface area contributed by atoms with Gasteiger partial charge in [-0.05, 0) is 29.3 Å². The molecule has 0 atom stereocenters. The first-order chi connectivity index (χ1) is 8.26. The van der Waals surface area contributed by atoms with Gasteiger partial charge >= 0.3 is 0 Å². The lowest BCUT2D eigenvalue weighted by Gasteiger charge is -2.05. The average Bonchev–Trinajstić information content (AvgIpc) is 2.95. The molecule has 0 N–H and O–H groups in total. The highest BCUT2D eigenvalue weighted by molar-refractivity contribution is 7.08. The van der Waals surface area contributed by atoms with E-state index >= 15 is 0 Å². The molecule has 0 unspecified atom stereocenters. The number of Topliss-reactive ketones (excluding diaryl/α,β-unsaturated/α-hetero) is 1. The van der Waals surface area contributed by atoms with Crippen LogP contribution in [-0.4, -0.2) is 22.7 Å². The molecule has 0 bridgehead atoms. The fourth-order valence-corrected chi connectivity index (χ4v) is 2.37. The van der Waals surface area contributed by atoms with E-state index in [0.717, 1.165) is 5.56 Å². The van der Waals surface area contributed by atoms with Crippen molar-refractivity contribution < 1.29 is 9.53 Å². The number of nitrogens with zero attached hydrogens (tertiary/aromatic N) is 2. The molecule has 0 fully saturated rings. The van der Waals surface area contributed by atoms with E-state index in [1.165, 1.54) is 0 Å². The average molecular weight is 250 g/mol. The van der Waals surface area contributed by atoms with Gasteiger partial charge < -0.3 is 4.74 Å². The van der Waals surface area contributed by atoms with Crippen molar-refractivity contribution in [2.45, 2.75) is 19.9 Å². The van der Waals surface area contributed by atoms with E-state index in [2.05, 4.69) is 5.10 Å². The zero-order valence-corrected chi connectivity index (χ0v) is 10.7. The Morgan fingerprint density at radius 3 is 3.00 bits per heavy atom. The second kappa shape index (κ2) is 5.14. The second-order valence-electron chi connectivity index (χ2n) is 3.61. The normalized spacial score (nSPS) is 10.5. The van der Waals surface area contributed by atoms with Crippen LogP contribution in [0.15, 0.2) is 23.0 Å². The molecule has 0 aromatic carbocycles. The molecular formula is C12H14N2O2S. The van der Waals surface area contributed by atoms with Gasteiger partial charge in [-0.25, -0.2) is 0 Å². The second-order valence-corrected chi connectivity index (χ2v) is 4.39. The number of rotatable bonds is 5. The Morgan fingerprint density at radius 2 is 2.41 bits per heavy atom. The van der Waals surface area contributed by atoms with E-state index in [0.29, 0.717) is 24.4 Å². The number of hydrogen-bond donors (Lipinski definition) is 0. The molecule has 90 valence electrons. The van der Waals surface area contributed by atoms with Crippen LogP contribution in [0.2, 0.25) is 0 Å². The summed E-state index contributed by atoms with van der Waals surface area (Å²) in [7, 11) is 1.55. The zero-order valence-electron chi connectivity index (χ0n) is 9.84. The van der Waals surface area contributed by atoms with Gasteiger partial charge in [-0.2, -0.15) is 16.4 Å². The van der Waals surface area contributed by atoms with Crippen LogP contribution in [0.3, 0.4) is 0 Å². The fourth-order valence-electron chi connectivity index (χ4n) is 1.70. The first kappa shape index (κ1) is 11.9. The third-order valence-corrected chi connectivity index (χ3v) is 3.27. The smallest absolute Gasteiger partial charge is 0.189 e. The first-order valence-electron chi connectivity index (χ1n) is 5.40. The number of aromatic nitrogens is 2. The Kier molecular flexibility index (Phi) is 3.58. The molecule has 0 saturated carbocycles. The molecule has 0 aliphatic heterocycles. The third kappa shape index (κ3) is 2.39. The van der Waals surface area contributed by atoms with Gasteiger partial charge in [-0.1, -0.05) is 0 Å². The van der Waals surface area contributed by atoms with Crippen molar-refractivity contribution in [1.29, 1.82) is 0 Å². The summed E-state index contributed by atoms with van der Waals surface area (Å²) in [5.74, 6) is 0.590. The Labute approximate surface area is 104 Å². The maximum Gasteiger partial charge on any atom is 0.189 e. The zero-order chi connectivity index (χ0) is 12.3. The molecular weight excluding hydrogens is 236 g/mol. The number of thiophene rings is 1. The molecule has 2 aromatic rings. The van der Waals surface area contributed by atoms with Gasteiger partial charge in [0.1, 0.15) is 5.69 Å². The van der Waals surface area contributed by atoms with Gasteiger partial charge in [0.05, 0.1) is 13.3 Å². The third-order valence-electron chi connectivity index (χ3n) is 2.53. The van der Waals surface area contributed by atoms with Gasteiger partial charge in [0.2, 0.25) is 0 Å². The Hall–Kier alpha value is -1.62. The molecule has 0 aliphatic carbocycles. The van der Waals surface area contributed by atoms with Crippen molar-refractivity contribution in [3.8, 4) is 5.75 Å². The number of carbonyl (C=O) groups excluding carboxylic acids is 1. The Bertz CT molecular complexity index is 481. The van der Waals surface area contributed by atoms with Crippen LogP contribution in [0.5, 0.6) is 5.75 Å². The highest BCUT2D eigenvalue weighted by Crippen LogP contribution is 2.20. The van der Waals surface area contributed by atoms with E-state index in [1.807, 2.05) is 23.8 Å². The molecule has 0 aliphatic rings. The molecule has 2 heterocycles. The largest absolute Gasteiger partial charge is 0.493 e. The van der Waals surface area contributed by atoms with Crippen LogP contribution in [-0.2, 0) is 13.0 Å². The minimum Gasteiger partial charge on any atom is -0.493 e. The lowest BCUT2D eigenvalue weighted by Crippen LogP contribution is -2.12. The van der Waals surface area contributed by atoms with E-state index in [1.54, 1.807) is 29.3 Å². The van der Waals surface area contributed by atoms with Crippen molar-refractivity contribution in [2.75, 3.05) is 7.11 Å². The Morgan fingerprint density at radius 1 is 1.59 bits per heavy atom. The van der Waals surface area contributed by atoms with Crippen LogP contribution < -0.4 is 4.74 Å². The minimum absolute atomic E-state index is 0.0413. The molecule has 0 spiro atoms. The predicted molar refractivity (Wildman–Crippen MR) is 66.8 cm³/mol. The monoisotopic (exact) mass is 250 g/mol. The molecule has 0 radical (unpaired) electrons. The van der Waals surface area contributed by atoms with Crippen molar-refractivity contribution in [2.24, 2.45) is 0 Å². The molecule has 2 rings (SSSR count). The predicted octanol–water partition coefficient (Wildman–Crippen LogP) is 2.40. The minimum atomic E-state index is 0.0413. The van der Waals surface area contributed by atoms with E-state index in [-0.39, 0.29) is 5.78 Å². The Balaban J connectivity index is 2.26. The maximum absolute atomic E-state index is 12.2. The summed E-state index contributed by atoms with van der Waals surface area (Å²) >= 11 is 1.59. The van der Waals surface area contributed by atoms with Crippen molar-refractivity contribution in [1.82, 2.24) is 9.78 Å². The summed E-state index contributed by atoms with van der Waals surface area (Å²) in [5, 5.41) is 8.08. The van der Waals surface area contributed by atoms with Gasteiger partial charge in [-0.3, -0.25) is 9.48 Å². The van der Waals surface area contributed by atoms with Gasteiger partial charge in [0.15, 0.2) is 11.5 Å². The fraction of sp³-hybridized carbons (Fsp3) is 0.333. The van der Waals surface area contributed by atoms with Crippen LogP contribution >= 0.6 is 11.3 Å². The van der Waals surface area contributed by atoms with Gasteiger partial charge in [-0.15, -0.1) is 0 Å². The SMILES string of the molecule is CCn1ncc(OC)c1C(=O)Cc1ccsc1. The first-order valence-corrected chi connectivity index (χ1v) is 6.34. The molecule has 17 heavy (non-hydrogen) atoms. The standard InChI is InChI=1S/C12H14N2O2S/c1-3-14-12(11(16-2)7-13-14)10(15)6-9-4-5-17-8-9/h4-5,7-8H,3,6H2,1-2H3. The van der Waals surface area contributed by atoms with E-state index in [9.17, 15) is 4.79 Å². The topological polar surface area (TPSA) is 44.1 Å². The van der Waals surface area contributed by atoms with Crippen molar-refractivity contribution in [3.63, 3.8) is 0 Å². The number of methoxy groups -OCH3 is 1. The molecule has 2 aromatic heterocycles. The van der Waals surface area contributed by atoms with Crippen LogP contribution in [0, 0.1) is 0 Å². The van der Waals surface area contributed by atoms with Gasteiger partial charge in [0.25, 0.3) is 0 Å². The van der Waals surface area contributed by atoms with E-state index < -0.39 is 0 Å². The van der Waals surface area contributed by atoms with Crippen LogP contribution in [0.25, 0.3) is 0 Å². The number of aryl methyl sites for hydroxylation is 1. The summed E-state index contributed by atoms with van der Waals surface area (Å²) in [5.41, 5.74) is 1.59. The molecule has 5 heteroatoms. The summed E-state index contributed by atoms with van der Waals surface area (Å²) < 4.78 is 6.84. The quantitative estimate of drug-likeness (QED) is 0.765. The summed E-state index contributed by atoms with van der Waals surface area (Å²) in [6.45, 7) is 2.61. The van der Waals surface area contributed by atoms with Crippen LogP contribution in [0.4, 0.5) is 0 Å². The molecule has 0 amide bonds. The summed E-state index contributed by atoms with van der Waals surface area (Å²) in [6.07, 6.45) is 1.98. The van der Waals surface area contributed by atoms with Crippen molar-refractivity contribution in [3.05, 3.63) is 34.3 Å². The summed E-state index contributed by atoms with van der Waals surface area (Å²) in [4.78, 5) is 12.2. The number of ether oxygens (including phenoxy) is 1. The number of hydrogen-bond acceptors (Lipinski definition) is 4. The molecule has 4 nitrogen and oxygen atoms in total. The maximum atomic E-state index is 12.2. The highest BCUT2D eigenvalue weighted by Gasteiger charge is 2.18. The highest BCUT2D eigenvalue weighted by atomic mass is 32.1. The molecule has 0 saturated heterocycles. The van der Waals surface area contributed by atoms with E-state index in [4.69, 9.17) is 4.74 Å². The number of ketones is 1. The van der Waals surface area contributed by atoms with Crippen molar-refractivity contribution >= 4 is 17.1 Å². The lowest BCUT2D eigenvalue weighted by molar-refractivity contribution is 0.0980. The summed E-state index contributed by atoms with van der Waals surface area (Å²) in [6, 6.07) is 1.96. The van der Waals surface area contributed by atoms with Crippen LogP contribution in [0.1, 0.15) is 23.0 Å². The lowest BCUT2D eigenvalue weighted by atomic mass is 10.1.